The molecule has 0 atom stereocenters. The zero-order chi connectivity index (χ0) is 41.3. The molecule has 2 fully saturated rings. The minimum Gasteiger partial charge on any atom is -0.493 e. The number of fused-ring (bicyclic) bond motifs is 2. The highest BCUT2D eigenvalue weighted by molar-refractivity contribution is 6.31. The summed E-state index contributed by atoms with van der Waals surface area (Å²) in [6, 6.07) is 27.2. The number of methoxy groups -OCH3 is 2. The second-order valence-electron chi connectivity index (χ2n) is 15.1. The normalized spacial score (nSPS) is 14.5. The molecule has 3 aromatic heterocycles. The van der Waals surface area contributed by atoms with Crippen molar-refractivity contribution in [3.63, 3.8) is 0 Å². The number of nitrogens with zero attached hydrogens (tertiary/aromatic N) is 3. The quantitative estimate of drug-likeness (QED) is 0.105. The molecule has 0 aliphatic heterocycles. The van der Waals surface area contributed by atoms with Gasteiger partial charge in [0.1, 0.15) is 17.9 Å². The van der Waals surface area contributed by atoms with Crippen LogP contribution in [0.25, 0.3) is 28.3 Å². The van der Waals surface area contributed by atoms with Gasteiger partial charge in [0, 0.05) is 29.6 Å². The molecule has 0 unspecified atom stereocenters. The number of ether oxygens (including phenoxy) is 5. The van der Waals surface area contributed by atoms with Crippen LogP contribution in [0.2, 0.25) is 5.02 Å². The van der Waals surface area contributed by atoms with Crippen LogP contribution in [0.5, 0.6) is 28.7 Å². The van der Waals surface area contributed by atoms with Crippen molar-refractivity contribution in [2.45, 2.75) is 89.9 Å². The van der Waals surface area contributed by atoms with Crippen LogP contribution in [0, 0.1) is 0 Å². The van der Waals surface area contributed by atoms with Crippen molar-refractivity contribution >= 4 is 39.9 Å². The van der Waals surface area contributed by atoms with Gasteiger partial charge in [0.05, 0.1) is 32.1 Å². The van der Waals surface area contributed by atoms with E-state index in [9.17, 15) is 0 Å². The summed E-state index contributed by atoms with van der Waals surface area (Å²) in [5.74, 6) is 5.06. The maximum absolute atomic E-state index is 6.23. The number of oxazole rings is 2. The Bertz CT molecular complexity index is 2540. The Labute approximate surface area is 355 Å². The molecule has 2 saturated carbocycles. The van der Waals surface area contributed by atoms with Gasteiger partial charge in [0.2, 0.25) is 0 Å². The molecule has 0 radical (unpaired) electrons. The molecule has 0 spiro atoms. The van der Waals surface area contributed by atoms with E-state index < -0.39 is 0 Å². The number of hydrogen-bond donors (Lipinski definition) is 0. The summed E-state index contributed by atoms with van der Waals surface area (Å²) >= 11 is 6.22. The Balaban J connectivity index is 0.000000168. The summed E-state index contributed by atoms with van der Waals surface area (Å²) in [6.45, 7) is 2.34. The molecule has 2 aliphatic rings. The van der Waals surface area contributed by atoms with Gasteiger partial charge in [-0.2, -0.15) is 0 Å². The minimum absolute atomic E-state index is 0.266. The largest absolute Gasteiger partial charge is 0.493 e. The molecule has 310 valence electrons. The number of aromatic nitrogens is 3. The van der Waals surface area contributed by atoms with Gasteiger partial charge in [-0.05, 0) is 130 Å². The van der Waals surface area contributed by atoms with Crippen LogP contribution in [0.3, 0.4) is 0 Å². The zero-order valence-electron chi connectivity index (χ0n) is 34.3. The average Bonchev–Trinajstić information content (AvgIpc) is 4.10. The second kappa shape index (κ2) is 19.4. The molecular weight excluding hydrogens is 778 g/mol. The second-order valence-corrected chi connectivity index (χ2v) is 15.6. The lowest BCUT2D eigenvalue weighted by Gasteiger charge is -2.16. The first-order chi connectivity index (χ1) is 29.4. The van der Waals surface area contributed by atoms with Crippen molar-refractivity contribution in [1.29, 1.82) is 0 Å². The van der Waals surface area contributed by atoms with E-state index in [0.29, 0.717) is 47.6 Å². The number of hydrogen-bond acceptors (Lipinski definition) is 10. The molecular formula is C49H50ClN3O7. The van der Waals surface area contributed by atoms with Gasteiger partial charge >= 0.3 is 0 Å². The smallest absolute Gasteiger partial charge is 0.200 e. The van der Waals surface area contributed by atoms with Crippen LogP contribution >= 0.6 is 11.6 Å². The van der Waals surface area contributed by atoms with E-state index in [4.69, 9.17) is 49.1 Å². The Morgan fingerprint density at radius 2 is 1.33 bits per heavy atom. The molecule has 2 aliphatic carbocycles. The third-order valence-electron chi connectivity index (χ3n) is 10.8. The summed E-state index contributed by atoms with van der Waals surface area (Å²) < 4.78 is 41.4. The number of halogens is 1. The standard InChI is InChI=1S/C26H26N2O4.C23H24ClNO3/c1-29-21-13-12-18(15-24(21)31-20-8-2-3-9-20)16-25-28-26-22(10-6-11-23(26)32-25)30-17-19-7-4-5-14-27-19;1-3-6-16-13-17(24)14-19-23(16)28-22(25-19)12-15-9-10-20(26-2)21(11-15)27-18-7-4-5-8-18/h4-7,10-15,20H,2-3,8-9,16-17H2,1H3;3,6,9-11,13-14,18H,4-5,7-8,12H2,1-2H3/b;6-3+. The van der Waals surface area contributed by atoms with E-state index in [1.165, 1.54) is 25.7 Å². The maximum atomic E-state index is 6.23. The minimum atomic E-state index is 0.266. The fourth-order valence-electron chi connectivity index (χ4n) is 7.81. The Morgan fingerprint density at radius 1 is 0.683 bits per heavy atom. The Morgan fingerprint density at radius 3 is 1.93 bits per heavy atom. The van der Waals surface area contributed by atoms with Crippen LogP contribution in [0.1, 0.15) is 92.5 Å². The highest BCUT2D eigenvalue weighted by atomic mass is 35.5. The zero-order valence-corrected chi connectivity index (χ0v) is 35.1. The van der Waals surface area contributed by atoms with Crippen molar-refractivity contribution in [1.82, 2.24) is 15.0 Å². The van der Waals surface area contributed by atoms with E-state index in [0.717, 1.165) is 87.7 Å². The lowest BCUT2D eigenvalue weighted by molar-refractivity contribution is 0.200. The first kappa shape index (κ1) is 40.8. The summed E-state index contributed by atoms with van der Waals surface area (Å²) in [4.78, 5) is 13.6. The molecule has 7 aromatic rings. The number of para-hydroxylation sites is 1. The van der Waals surface area contributed by atoms with E-state index in [-0.39, 0.29) is 12.2 Å². The summed E-state index contributed by atoms with van der Waals surface area (Å²) in [7, 11) is 3.34. The van der Waals surface area contributed by atoms with E-state index in [1.807, 2.05) is 104 Å². The Kier molecular flexibility index (Phi) is 13.2. The molecule has 0 N–H and O–H groups in total. The van der Waals surface area contributed by atoms with Crippen LogP contribution in [-0.4, -0.2) is 41.4 Å². The lowest BCUT2D eigenvalue weighted by atomic mass is 10.1. The highest BCUT2D eigenvalue weighted by Gasteiger charge is 2.21. The van der Waals surface area contributed by atoms with Gasteiger partial charge in [-0.15, -0.1) is 0 Å². The van der Waals surface area contributed by atoms with Crippen LogP contribution < -0.4 is 23.7 Å². The van der Waals surface area contributed by atoms with Crippen molar-refractivity contribution in [3.8, 4) is 28.7 Å². The maximum Gasteiger partial charge on any atom is 0.200 e. The van der Waals surface area contributed by atoms with Crippen LogP contribution in [0.4, 0.5) is 0 Å². The van der Waals surface area contributed by atoms with Crippen LogP contribution in [-0.2, 0) is 19.4 Å². The predicted molar refractivity (Wildman–Crippen MR) is 234 cm³/mol. The molecule has 60 heavy (non-hydrogen) atoms. The van der Waals surface area contributed by atoms with Crippen molar-refractivity contribution in [3.05, 3.63) is 136 Å². The first-order valence-electron chi connectivity index (χ1n) is 20.7. The molecule has 11 heteroatoms. The molecule has 0 amide bonds. The van der Waals surface area contributed by atoms with Crippen molar-refractivity contribution in [2.75, 3.05) is 14.2 Å². The predicted octanol–water partition coefficient (Wildman–Crippen LogP) is 12.2. The van der Waals surface area contributed by atoms with Gasteiger partial charge < -0.3 is 32.5 Å². The number of benzene rings is 4. The summed E-state index contributed by atoms with van der Waals surface area (Å²) in [6.07, 6.45) is 16.7. The third kappa shape index (κ3) is 10.1. The highest BCUT2D eigenvalue weighted by Crippen LogP contribution is 2.36. The molecule has 3 heterocycles. The molecule has 0 bridgehead atoms. The topological polar surface area (TPSA) is 111 Å². The van der Waals surface area contributed by atoms with Gasteiger partial charge in [-0.1, -0.05) is 48.0 Å². The van der Waals surface area contributed by atoms with Crippen LogP contribution in [0.15, 0.2) is 106 Å². The number of allylic oxidation sites excluding steroid dienone is 1. The van der Waals surface area contributed by atoms with E-state index >= 15 is 0 Å². The van der Waals surface area contributed by atoms with Gasteiger partial charge in [0.15, 0.2) is 51.5 Å². The average molecular weight is 828 g/mol. The third-order valence-corrected chi connectivity index (χ3v) is 11.0. The molecule has 0 saturated heterocycles. The molecule has 10 nitrogen and oxygen atoms in total. The van der Waals surface area contributed by atoms with Crippen molar-refractivity contribution in [2.24, 2.45) is 0 Å². The molecule has 9 rings (SSSR count). The van der Waals surface area contributed by atoms with Gasteiger partial charge in [-0.25, -0.2) is 9.97 Å². The summed E-state index contributed by atoms with van der Waals surface area (Å²) in [5, 5.41) is 0.650. The summed E-state index contributed by atoms with van der Waals surface area (Å²) in [5.41, 5.74) is 6.87. The monoisotopic (exact) mass is 827 g/mol. The Hall–Kier alpha value is -6.00. The van der Waals surface area contributed by atoms with Gasteiger partial charge in [-0.3, -0.25) is 4.98 Å². The molecule has 4 aromatic carbocycles. The fraction of sp³-hybridized carbons (Fsp3) is 0.327. The lowest BCUT2D eigenvalue weighted by Crippen LogP contribution is -2.11. The fourth-order valence-corrected chi connectivity index (χ4v) is 8.03. The van der Waals surface area contributed by atoms with Gasteiger partial charge in [0.25, 0.3) is 0 Å². The first-order valence-corrected chi connectivity index (χ1v) is 21.1. The van der Waals surface area contributed by atoms with Crippen molar-refractivity contribution < 1.29 is 32.5 Å². The SMILES string of the molecule is C/C=C/c1cc(Cl)cc2nc(Cc3ccc(OC)c(OC4CCCC4)c3)oc12.COc1ccc(Cc2nc3c(OCc4ccccn4)cccc3o2)cc1OC1CCCC1. The number of pyridine rings is 1. The number of rotatable bonds is 14. The van der Waals surface area contributed by atoms with E-state index in [1.54, 1.807) is 20.4 Å². The van der Waals surface area contributed by atoms with E-state index in [2.05, 4.69) is 9.97 Å².